The van der Waals surface area contributed by atoms with Gasteiger partial charge in [-0.05, 0) is 38.8 Å². The van der Waals surface area contributed by atoms with E-state index < -0.39 is 17.5 Å². The molecule has 30 heavy (non-hydrogen) atoms. The van der Waals surface area contributed by atoms with Crippen LogP contribution in [0, 0.1) is 0 Å². The number of phenolic OH excluding ortho intramolecular Hbond substituents is 1. The van der Waals surface area contributed by atoms with Gasteiger partial charge >= 0.3 is 6.18 Å². The van der Waals surface area contributed by atoms with Gasteiger partial charge in [0.15, 0.2) is 5.82 Å². The maximum atomic E-state index is 13.6. The Hall–Kier alpha value is -2.87. The van der Waals surface area contributed by atoms with Crippen LogP contribution in [0.2, 0.25) is 0 Å². The summed E-state index contributed by atoms with van der Waals surface area (Å²) in [5, 5.41) is 23.1. The van der Waals surface area contributed by atoms with Gasteiger partial charge in [-0.15, -0.1) is 10.2 Å². The van der Waals surface area contributed by atoms with Gasteiger partial charge in [-0.25, -0.2) is 0 Å². The van der Waals surface area contributed by atoms with Crippen LogP contribution in [0.25, 0.3) is 22.0 Å². The summed E-state index contributed by atoms with van der Waals surface area (Å²) < 4.78 is 46.5. The minimum atomic E-state index is -4.64. The quantitative estimate of drug-likeness (QED) is 0.598. The van der Waals surface area contributed by atoms with Crippen LogP contribution in [-0.4, -0.2) is 33.6 Å². The van der Waals surface area contributed by atoms with E-state index in [1.807, 2.05) is 13.8 Å². The Kier molecular flexibility index (Phi) is 5.05. The molecule has 2 aromatic carbocycles. The molecule has 4 rings (SSSR count). The van der Waals surface area contributed by atoms with Gasteiger partial charge in [-0.3, -0.25) is 0 Å². The molecule has 0 aliphatic carbocycles. The molecule has 158 valence electrons. The average molecular weight is 417 g/mol. The number of rotatable bonds is 3. The third kappa shape index (κ3) is 3.92. The zero-order valence-corrected chi connectivity index (χ0v) is 16.6. The van der Waals surface area contributed by atoms with E-state index in [1.54, 1.807) is 24.3 Å². The number of nitrogens with one attached hydrogen (secondary N) is 1. The number of ether oxygens (including phenoxy) is 1. The predicted molar refractivity (Wildman–Crippen MR) is 108 cm³/mol. The van der Waals surface area contributed by atoms with E-state index in [4.69, 9.17) is 4.74 Å². The maximum Gasteiger partial charge on any atom is 0.417 e. The van der Waals surface area contributed by atoms with Crippen LogP contribution >= 0.6 is 0 Å². The molecule has 2 heterocycles. The number of alkyl halides is 3. The van der Waals surface area contributed by atoms with Gasteiger partial charge in [0.1, 0.15) is 11.4 Å². The highest BCUT2D eigenvalue weighted by Gasteiger charge is 2.36. The maximum absolute atomic E-state index is 13.6. The first-order valence-electron chi connectivity index (χ1n) is 9.71. The van der Waals surface area contributed by atoms with E-state index in [9.17, 15) is 18.3 Å². The lowest BCUT2D eigenvalue weighted by atomic mass is 9.93. The van der Waals surface area contributed by atoms with Crippen LogP contribution in [0.15, 0.2) is 42.5 Å². The summed E-state index contributed by atoms with van der Waals surface area (Å²) in [6.07, 6.45) is -3.08. The van der Waals surface area contributed by atoms with Crippen molar-refractivity contribution < 1.29 is 23.0 Å². The van der Waals surface area contributed by atoms with Crippen molar-refractivity contribution in [1.82, 2.24) is 10.2 Å². The largest absolute Gasteiger partial charge is 0.507 e. The molecule has 0 bridgehead atoms. The van der Waals surface area contributed by atoms with Crippen molar-refractivity contribution in [2.45, 2.75) is 44.5 Å². The molecule has 3 aromatic rings. The number of fused-ring (bicyclic) bond motifs is 1. The van der Waals surface area contributed by atoms with Gasteiger partial charge in [0.2, 0.25) is 0 Å². The Morgan fingerprint density at radius 3 is 2.50 bits per heavy atom. The first-order valence-corrected chi connectivity index (χ1v) is 9.71. The molecule has 0 amide bonds. The highest BCUT2D eigenvalue weighted by Crippen LogP contribution is 2.43. The fourth-order valence-electron chi connectivity index (χ4n) is 3.97. The van der Waals surface area contributed by atoms with Gasteiger partial charge in [-0.1, -0.05) is 30.3 Å². The summed E-state index contributed by atoms with van der Waals surface area (Å²) in [6.45, 7) is 4.65. The Morgan fingerprint density at radius 1 is 1.07 bits per heavy atom. The highest BCUT2D eigenvalue weighted by molar-refractivity contribution is 6.01. The van der Waals surface area contributed by atoms with E-state index >= 15 is 0 Å². The van der Waals surface area contributed by atoms with E-state index in [1.165, 1.54) is 12.1 Å². The molecule has 1 saturated heterocycles. The second-order valence-electron chi connectivity index (χ2n) is 8.08. The summed E-state index contributed by atoms with van der Waals surface area (Å²) >= 11 is 0. The van der Waals surface area contributed by atoms with Crippen LogP contribution in [0.3, 0.4) is 0 Å². The molecule has 1 atom stereocenters. The SMILES string of the molecule is CC1(C)CC(Nc2nnc(-c3c(O)cccc3C(F)(F)F)c3ccccc23)CCO1. The molecule has 1 fully saturated rings. The minimum Gasteiger partial charge on any atom is -0.507 e. The lowest BCUT2D eigenvalue weighted by Gasteiger charge is -2.36. The number of hydrogen-bond acceptors (Lipinski definition) is 5. The number of phenols is 1. The first-order chi connectivity index (χ1) is 14.2. The van der Waals surface area contributed by atoms with E-state index in [2.05, 4.69) is 15.5 Å². The summed E-state index contributed by atoms with van der Waals surface area (Å²) in [5.41, 5.74) is -1.59. The Balaban J connectivity index is 1.82. The molecule has 0 radical (unpaired) electrons. The van der Waals surface area contributed by atoms with Gasteiger partial charge in [0.25, 0.3) is 0 Å². The van der Waals surface area contributed by atoms with Crippen molar-refractivity contribution in [3.63, 3.8) is 0 Å². The van der Waals surface area contributed by atoms with E-state index in [0.717, 1.165) is 18.9 Å². The van der Waals surface area contributed by atoms with Crippen molar-refractivity contribution in [2.24, 2.45) is 0 Å². The predicted octanol–water partition coefficient (Wildman–Crippen LogP) is 5.39. The summed E-state index contributed by atoms with van der Waals surface area (Å²) in [6, 6.07) is 10.4. The molecule has 2 N–H and O–H groups in total. The van der Waals surface area contributed by atoms with Crippen molar-refractivity contribution in [2.75, 3.05) is 11.9 Å². The number of hydrogen-bond donors (Lipinski definition) is 2. The lowest BCUT2D eigenvalue weighted by Crippen LogP contribution is -2.40. The third-order valence-corrected chi connectivity index (χ3v) is 5.31. The number of aromatic nitrogens is 2. The Bertz CT molecular complexity index is 1080. The Labute approximate surface area is 171 Å². The fourth-order valence-corrected chi connectivity index (χ4v) is 3.97. The van der Waals surface area contributed by atoms with E-state index in [-0.39, 0.29) is 22.9 Å². The van der Waals surface area contributed by atoms with Crippen LogP contribution < -0.4 is 5.32 Å². The van der Waals surface area contributed by atoms with Crippen molar-refractivity contribution in [3.8, 4) is 17.0 Å². The number of anilines is 1. The highest BCUT2D eigenvalue weighted by atomic mass is 19.4. The van der Waals surface area contributed by atoms with E-state index in [0.29, 0.717) is 23.2 Å². The topological polar surface area (TPSA) is 67.3 Å². The molecular formula is C22H22F3N3O2. The first kappa shape index (κ1) is 20.4. The van der Waals surface area contributed by atoms with Crippen molar-refractivity contribution >= 4 is 16.6 Å². The van der Waals surface area contributed by atoms with Crippen LogP contribution in [-0.2, 0) is 10.9 Å². The standard InChI is InChI=1S/C22H22F3N3O2/c1-21(2)12-13(10-11-30-21)26-20-15-7-4-3-6-14(15)19(27-28-20)18-16(22(23,24)25)8-5-9-17(18)29/h3-9,13,29H,10-12H2,1-2H3,(H,26,28). The van der Waals surface area contributed by atoms with Crippen LogP contribution in [0.1, 0.15) is 32.3 Å². The number of nitrogens with zero attached hydrogens (tertiary/aromatic N) is 2. The van der Waals surface area contributed by atoms with Crippen molar-refractivity contribution in [1.29, 1.82) is 0 Å². The van der Waals surface area contributed by atoms with Gasteiger partial charge in [0, 0.05) is 23.4 Å². The zero-order chi connectivity index (χ0) is 21.5. The zero-order valence-electron chi connectivity index (χ0n) is 16.6. The molecule has 1 aliphatic heterocycles. The monoisotopic (exact) mass is 417 g/mol. The van der Waals surface area contributed by atoms with Crippen LogP contribution in [0.4, 0.5) is 19.0 Å². The number of halogens is 3. The molecule has 0 spiro atoms. The van der Waals surface area contributed by atoms with Crippen molar-refractivity contribution in [3.05, 3.63) is 48.0 Å². The van der Waals surface area contributed by atoms with Gasteiger partial charge in [0.05, 0.1) is 16.7 Å². The third-order valence-electron chi connectivity index (χ3n) is 5.31. The molecule has 5 nitrogen and oxygen atoms in total. The Morgan fingerprint density at radius 2 is 1.80 bits per heavy atom. The summed E-state index contributed by atoms with van der Waals surface area (Å²) in [5.74, 6) is 0.0113. The minimum absolute atomic E-state index is 0.00566. The smallest absolute Gasteiger partial charge is 0.417 e. The molecule has 1 aromatic heterocycles. The molecule has 0 saturated carbocycles. The number of benzene rings is 2. The molecule has 1 aliphatic rings. The van der Waals surface area contributed by atoms with Gasteiger partial charge in [-0.2, -0.15) is 13.2 Å². The lowest BCUT2D eigenvalue weighted by molar-refractivity contribution is -0.137. The second-order valence-corrected chi connectivity index (χ2v) is 8.08. The summed E-state index contributed by atoms with van der Waals surface area (Å²) in [7, 11) is 0. The second kappa shape index (κ2) is 7.43. The normalized spacial score (nSPS) is 19.0. The molecule has 8 heteroatoms. The van der Waals surface area contributed by atoms with Crippen LogP contribution in [0.5, 0.6) is 5.75 Å². The van der Waals surface area contributed by atoms with Gasteiger partial charge < -0.3 is 15.2 Å². The fraction of sp³-hybridized carbons (Fsp3) is 0.364. The molecule has 1 unspecified atom stereocenters. The number of aromatic hydroxyl groups is 1. The summed E-state index contributed by atoms with van der Waals surface area (Å²) in [4.78, 5) is 0. The average Bonchev–Trinajstić information content (AvgIpc) is 2.67. The molecular weight excluding hydrogens is 395 g/mol.